The number of carbonyl (C=O) groups excluding carboxylic acids is 1. The first-order valence-electron chi connectivity index (χ1n) is 11.7. The van der Waals surface area contributed by atoms with Gasteiger partial charge in [-0.15, -0.1) is 0 Å². The number of nitrogens with one attached hydrogen (secondary N) is 1. The fraction of sp³-hybridized carbons (Fsp3) is 0.333. The predicted octanol–water partition coefficient (Wildman–Crippen LogP) is 0.910. The fourth-order valence-corrected chi connectivity index (χ4v) is 6.41. The maximum absolute atomic E-state index is 13.1. The maximum atomic E-state index is 13.1. The Balaban J connectivity index is 1.57. The molecule has 4 rings (SSSR count). The number of rotatable bonds is 8. The molecule has 0 saturated carbocycles. The summed E-state index contributed by atoms with van der Waals surface area (Å²) in [5.41, 5.74) is 0.759. The van der Waals surface area contributed by atoms with Crippen LogP contribution in [0.3, 0.4) is 0 Å². The number of hydrogen-bond acceptors (Lipinski definition) is 7. The number of amides is 1. The molecule has 3 aromatic rings. The second kappa shape index (κ2) is 10.7. The minimum atomic E-state index is -3.93. The summed E-state index contributed by atoms with van der Waals surface area (Å²) in [6, 6.07) is 14.1. The standard InChI is InChI=1S/C24H29N5O7S2/c1-18-23(24(31)29(26(18)2)20-7-5-4-6-8-20)25-22(30)17-28(37(3,32)33)19-9-11-21(12-10-19)38(34,35)27-13-15-36-16-14-27/h4-12H,13-17H2,1-3H3,(H,25,30). The summed E-state index contributed by atoms with van der Waals surface area (Å²) in [7, 11) is -6.03. The molecule has 0 atom stereocenters. The van der Waals surface area contributed by atoms with Gasteiger partial charge in [0.1, 0.15) is 12.2 Å². The van der Waals surface area contributed by atoms with E-state index in [9.17, 15) is 26.4 Å². The molecular formula is C24H29N5O7S2. The molecule has 204 valence electrons. The Hall–Kier alpha value is -3.46. The van der Waals surface area contributed by atoms with E-state index < -0.39 is 38.1 Å². The highest BCUT2D eigenvalue weighted by Crippen LogP contribution is 2.23. The van der Waals surface area contributed by atoms with Gasteiger partial charge in [0.25, 0.3) is 5.56 Å². The van der Waals surface area contributed by atoms with E-state index in [0.717, 1.165) is 10.6 Å². The number of para-hydroxylation sites is 1. The molecule has 0 aliphatic carbocycles. The van der Waals surface area contributed by atoms with Gasteiger partial charge in [0.05, 0.1) is 41.4 Å². The number of nitrogens with zero attached hydrogens (tertiary/aromatic N) is 4. The molecule has 1 aliphatic heterocycles. The highest BCUT2D eigenvalue weighted by atomic mass is 32.2. The van der Waals surface area contributed by atoms with Gasteiger partial charge in [-0.2, -0.15) is 4.31 Å². The van der Waals surface area contributed by atoms with Crippen molar-refractivity contribution < 1.29 is 26.4 Å². The average molecular weight is 564 g/mol. The number of benzene rings is 2. The summed E-state index contributed by atoms with van der Waals surface area (Å²) in [4.78, 5) is 26.0. The number of sulfonamides is 2. The molecule has 0 unspecified atom stereocenters. The zero-order chi connectivity index (χ0) is 27.7. The summed E-state index contributed by atoms with van der Waals surface area (Å²) in [6.45, 7) is 2.10. The van der Waals surface area contributed by atoms with Gasteiger partial charge in [-0.1, -0.05) is 18.2 Å². The second-order valence-electron chi connectivity index (χ2n) is 8.76. The lowest BCUT2D eigenvalue weighted by atomic mass is 10.3. The first-order valence-corrected chi connectivity index (χ1v) is 15.0. The van der Waals surface area contributed by atoms with Crippen LogP contribution in [0.1, 0.15) is 5.69 Å². The summed E-state index contributed by atoms with van der Waals surface area (Å²) in [5.74, 6) is -0.730. The lowest BCUT2D eigenvalue weighted by Crippen LogP contribution is -2.40. The van der Waals surface area contributed by atoms with Crippen LogP contribution in [0.4, 0.5) is 11.4 Å². The third kappa shape index (κ3) is 5.53. The molecule has 2 heterocycles. The topological polar surface area (TPSA) is 140 Å². The molecule has 0 radical (unpaired) electrons. The molecule has 1 aliphatic rings. The summed E-state index contributed by atoms with van der Waals surface area (Å²) >= 11 is 0. The Bertz CT molecular complexity index is 1590. The molecule has 1 fully saturated rings. The van der Waals surface area contributed by atoms with E-state index in [-0.39, 0.29) is 29.4 Å². The normalized spacial score (nSPS) is 14.8. The van der Waals surface area contributed by atoms with Crippen molar-refractivity contribution in [3.05, 3.63) is 70.6 Å². The summed E-state index contributed by atoms with van der Waals surface area (Å²) in [6.07, 6.45) is 0.939. The van der Waals surface area contributed by atoms with E-state index in [1.54, 1.807) is 42.9 Å². The molecule has 38 heavy (non-hydrogen) atoms. The number of aromatic nitrogens is 2. The van der Waals surface area contributed by atoms with Crippen LogP contribution < -0.4 is 15.2 Å². The quantitative estimate of drug-likeness (QED) is 0.430. The van der Waals surface area contributed by atoms with Gasteiger partial charge >= 0.3 is 0 Å². The molecule has 1 aromatic heterocycles. The van der Waals surface area contributed by atoms with Crippen molar-refractivity contribution in [2.75, 3.05) is 48.7 Å². The van der Waals surface area contributed by atoms with Crippen LogP contribution in [0.5, 0.6) is 0 Å². The van der Waals surface area contributed by atoms with Crippen molar-refractivity contribution in [1.29, 1.82) is 0 Å². The molecule has 1 N–H and O–H groups in total. The van der Waals surface area contributed by atoms with Crippen LogP contribution in [0.25, 0.3) is 5.69 Å². The second-order valence-corrected chi connectivity index (χ2v) is 12.6. The fourth-order valence-electron chi connectivity index (χ4n) is 4.14. The number of ether oxygens (including phenoxy) is 1. The van der Waals surface area contributed by atoms with Crippen LogP contribution in [0, 0.1) is 6.92 Å². The predicted molar refractivity (Wildman–Crippen MR) is 143 cm³/mol. The lowest BCUT2D eigenvalue weighted by molar-refractivity contribution is -0.114. The molecule has 1 amide bonds. The van der Waals surface area contributed by atoms with Crippen molar-refractivity contribution in [2.24, 2.45) is 7.05 Å². The third-order valence-corrected chi connectivity index (χ3v) is 9.29. The Morgan fingerprint density at radius 2 is 1.61 bits per heavy atom. The van der Waals surface area contributed by atoms with Crippen LogP contribution in [-0.2, 0) is 36.6 Å². The third-order valence-electron chi connectivity index (χ3n) is 6.24. The molecule has 1 saturated heterocycles. The Morgan fingerprint density at radius 3 is 2.18 bits per heavy atom. The highest BCUT2D eigenvalue weighted by Gasteiger charge is 2.28. The van der Waals surface area contributed by atoms with E-state index in [0.29, 0.717) is 24.6 Å². The van der Waals surface area contributed by atoms with Crippen molar-refractivity contribution in [3.63, 3.8) is 0 Å². The van der Waals surface area contributed by atoms with Crippen molar-refractivity contribution >= 4 is 37.3 Å². The summed E-state index contributed by atoms with van der Waals surface area (Å²) < 4.78 is 61.2. The molecule has 0 spiro atoms. The number of hydrogen-bond donors (Lipinski definition) is 1. The largest absolute Gasteiger partial charge is 0.379 e. The van der Waals surface area contributed by atoms with Gasteiger partial charge in [0.15, 0.2) is 0 Å². The van der Waals surface area contributed by atoms with Crippen molar-refractivity contribution in [2.45, 2.75) is 11.8 Å². The van der Waals surface area contributed by atoms with E-state index in [1.807, 2.05) is 6.07 Å². The Labute approximate surface area is 221 Å². The maximum Gasteiger partial charge on any atom is 0.295 e. The monoisotopic (exact) mass is 563 g/mol. The average Bonchev–Trinajstić information content (AvgIpc) is 3.10. The SMILES string of the molecule is Cc1c(NC(=O)CN(c2ccc(S(=O)(=O)N3CCOCC3)cc2)S(C)(=O)=O)c(=O)n(-c2ccccc2)n1C. The van der Waals surface area contributed by atoms with E-state index in [2.05, 4.69) is 5.32 Å². The smallest absolute Gasteiger partial charge is 0.295 e. The number of anilines is 2. The molecule has 14 heteroatoms. The zero-order valence-electron chi connectivity index (χ0n) is 21.2. The van der Waals surface area contributed by atoms with Gasteiger partial charge in [-0.3, -0.25) is 18.6 Å². The minimum Gasteiger partial charge on any atom is -0.379 e. The lowest BCUT2D eigenvalue weighted by Gasteiger charge is -2.26. The van der Waals surface area contributed by atoms with Gasteiger partial charge < -0.3 is 10.1 Å². The van der Waals surface area contributed by atoms with Crippen molar-refractivity contribution in [1.82, 2.24) is 13.7 Å². The Kier molecular flexibility index (Phi) is 7.78. The van der Waals surface area contributed by atoms with Crippen LogP contribution >= 0.6 is 0 Å². The minimum absolute atomic E-state index is 0.00225. The molecule has 12 nitrogen and oxygen atoms in total. The molecule has 0 bridgehead atoms. The van der Waals surface area contributed by atoms with Gasteiger partial charge in [-0.05, 0) is 43.3 Å². The number of morpholine rings is 1. The van der Waals surface area contributed by atoms with Gasteiger partial charge in [0.2, 0.25) is 26.0 Å². The van der Waals surface area contributed by atoms with E-state index >= 15 is 0 Å². The highest BCUT2D eigenvalue weighted by molar-refractivity contribution is 7.92. The Morgan fingerprint density at radius 1 is 1.00 bits per heavy atom. The van der Waals surface area contributed by atoms with Crippen LogP contribution in [0.2, 0.25) is 0 Å². The van der Waals surface area contributed by atoms with Gasteiger partial charge in [-0.25, -0.2) is 21.5 Å². The number of carbonyl (C=O) groups is 1. The molecular weight excluding hydrogens is 534 g/mol. The van der Waals surface area contributed by atoms with Crippen LogP contribution in [-0.4, -0.2) is 75.5 Å². The van der Waals surface area contributed by atoms with Gasteiger partial charge in [0, 0.05) is 20.1 Å². The summed E-state index contributed by atoms with van der Waals surface area (Å²) in [5, 5.41) is 2.55. The molecule has 2 aromatic carbocycles. The first-order chi connectivity index (χ1) is 17.9. The van der Waals surface area contributed by atoms with E-state index in [4.69, 9.17) is 4.74 Å². The zero-order valence-corrected chi connectivity index (χ0v) is 22.8. The van der Waals surface area contributed by atoms with Crippen LogP contribution in [0.15, 0.2) is 64.3 Å². The van der Waals surface area contributed by atoms with E-state index in [1.165, 1.54) is 33.3 Å². The first kappa shape index (κ1) is 27.6. The van der Waals surface area contributed by atoms with Crippen molar-refractivity contribution in [3.8, 4) is 5.69 Å².